The maximum Gasteiger partial charge on any atom is 0.305 e. The molecule has 0 amide bonds. The highest BCUT2D eigenvalue weighted by Gasteiger charge is 2.20. The van der Waals surface area contributed by atoms with Crippen LogP contribution in [-0.2, 0) is 9.53 Å². The molecule has 2 nitrogen and oxygen atoms in total. The Morgan fingerprint density at radius 2 is 1.83 bits per heavy atom. The molecule has 1 atom stereocenters. The Hall–Kier alpha value is -1.83. The first kappa shape index (κ1) is 11.3. The van der Waals surface area contributed by atoms with Gasteiger partial charge in [0.15, 0.2) is 0 Å². The number of cyclic esters (lactones) is 1. The topological polar surface area (TPSA) is 26.3 Å². The minimum Gasteiger partial charge on any atom is -0.466 e. The van der Waals surface area contributed by atoms with Crippen molar-refractivity contribution in [3.63, 3.8) is 0 Å². The molecule has 0 bridgehead atoms. The Morgan fingerprint density at radius 1 is 1.00 bits per heavy atom. The minimum absolute atomic E-state index is 0.0577. The molecule has 2 aromatic rings. The number of esters is 1. The molecule has 0 spiro atoms. The molecule has 0 aliphatic carbocycles. The van der Waals surface area contributed by atoms with Crippen LogP contribution in [0.15, 0.2) is 42.5 Å². The van der Waals surface area contributed by atoms with Crippen LogP contribution < -0.4 is 0 Å². The lowest BCUT2D eigenvalue weighted by atomic mass is 9.88. The number of rotatable bonds is 1. The molecule has 2 aromatic carbocycles. The number of benzene rings is 2. The highest BCUT2D eigenvalue weighted by atomic mass is 16.5. The number of carbonyl (C=O) groups is 1. The summed E-state index contributed by atoms with van der Waals surface area (Å²) in [6.45, 7) is 0.548. The standard InChI is InChI=1S/C16H16O2/c17-16-9-8-13(10-11-18-16)15-7-3-5-12-4-1-2-6-14(12)15/h1-7,13H,8-11H2. The summed E-state index contributed by atoms with van der Waals surface area (Å²) in [7, 11) is 0. The molecular formula is C16H16O2. The summed E-state index contributed by atoms with van der Waals surface area (Å²) in [5.41, 5.74) is 1.35. The molecule has 2 heteroatoms. The van der Waals surface area contributed by atoms with E-state index in [0.29, 0.717) is 18.9 Å². The van der Waals surface area contributed by atoms with Crippen LogP contribution in [0.2, 0.25) is 0 Å². The van der Waals surface area contributed by atoms with Crippen LogP contribution in [0, 0.1) is 0 Å². The number of hydrogen-bond acceptors (Lipinski definition) is 2. The smallest absolute Gasteiger partial charge is 0.305 e. The predicted octanol–water partition coefficient (Wildman–Crippen LogP) is 3.65. The summed E-state index contributed by atoms with van der Waals surface area (Å²) >= 11 is 0. The molecule has 1 unspecified atom stereocenters. The van der Waals surface area contributed by atoms with Gasteiger partial charge in [-0.3, -0.25) is 4.79 Å². The Labute approximate surface area is 107 Å². The van der Waals surface area contributed by atoms with Gasteiger partial charge in [0.1, 0.15) is 0 Å². The quantitative estimate of drug-likeness (QED) is 0.711. The monoisotopic (exact) mass is 240 g/mol. The second kappa shape index (κ2) is 4.81. The van der Waals surface area contributed by atoms with E-state index < -0.39 is 0 Å². The Bertz CT molecular complexity index is 569. The lowest BCUT2D eigenvalue weighted by molar-refractivity contribution is -0.142. The zero-order valence-corrected chi connectivity index (χ0v) is 10.3. The molecule has 0 radical (unpaired) electrons. The third-order valence-corrected chi connectivity index (χ3v) is 3.69. The van der Waals surface area contributed by atoms with E-state index >= 15 is 0 Å². The van der Waals surface area contributed by atoms with Gasteiger partial charge in [-0.1, -0.05) is 42.5 Å². The lowest BCUT2D eigenvalue weighted by Crippen LogP contribution is -2.00. The third kappa shape index (κ3) is 2.10. The highest BCUT2D eigenvalue weighted by Crippen LogP contribution is 2.32. The molecule has 18 heavy (non-hydrogen) atoms. The maximum absolute atomic E-state index is 11.3. The summed E-state index contributed by atoms with van der Waals surface area (Å²) in [5, 5.41) is 2.57. The second-order valence-electron chi connectivity index (χ2n) is 4.81. The Kier molecular flexibility index (Phi) is 3.01. The first-order valence-corrected chi connectivity index (χ1v) is 6.48. The molecule has 0 saturated carbocycles. The first-order valence-electron chi connectivity index (χ1n) is 6.48. The zero-order valence-electron chi connectivity index (χ0n) is 10.3. The van der Waals surface area contributed by atoms with Gasteiger partial charge in [-0.15, -0.1) is 0 Å². The van der Waals surface area contributed by atoms with Gasteiger partial charge in [0.2, 0.25) is 0 Å². The molecule has 3 rings (SSSR count). The normalized spacial score (nSPS) is 20.4. The molecule has 1 saturated heterocycles. The lowest BCUT2D eigenvalue weighted by Gasteiger charge is -2.15. The molecule has 1 aliphatic heterocycles. The minimum atomic E-state index is -0.0577. The average Bonchev–Trinajstić information content (AvgIpc) is 2.63. The van der Waals surface area contributed by atoms with Crippen LogP contribution >= 0.6 is 0 Å². The molecule has 1 fully saturated rings. The summed E-state index contributed by atoms with van der Waals surface area (Å²) in [4.78, 5) is 11.3. The molecule has 0 aromatic heterocycles. The summed E-state index contributed by atoms with van der Waals surface area (Å²) < 4.78 is 5.13. The van der Waals surface area contributed by atoms with Crippen LogP contribution in [0.4, 0.5) is 0 Å². The fourth-order valence-electron chi connectivity index (χ4n) is 2.74. The SMILES string of the molecule is O=C1CCC(c2cccc3ccccc23)CCO1. The van der Waals surface area contributed by atoms with Gasteiger partial charge >= 0.3 is 5.97 Å². The van der Waals surface area contributed by atoms with Crippen molar-refractivity contribution in [3.05, 3.63) is 48.0 Å². The van der Waals surface area contributed by atoms with Crippen molar-refractivity contribution in [1.29, 1.82) is 0 Å². The fourth-order valence-corrected chi connectivity index (χ4v) is 2.74. The van der Waals surface area contributed by atoms with Gasteiger partial charge in [0.25, 0.3) is 0 Å². The van der Waals surface area contributed by atoms with Crippen LogP contribution in [0.1, 0.15) is 30.7 Å². The van der Waals surface area contributed by atoms with Gasteiger partial charge < -0.3 is 4.74 Å². The van der Waals surface area contributed by atoms with Crippen LogP contribution in [0.5, 0.6) is 0 Å². The average molecular weight is 240 g/mol. The third-order valence-electron chi connectivity index (χ3n) is 3.69. The number of ether oxygens (including phenoxy) is 1. The highest BCUT2D eigenvalue weighted by molar-refractivity contribution is 5.86. The van der Waals surface area contributed by atoms with Gasteiger partial charge in [-0.2, -0.15) is 0 Å². The van der Waals surface area contributed by atoms with E-state index in [0.717, 1.165) is 12.8 Å². The van der Waals surface area contributed by atoms with Gasteiger partial charge in [0.05, 0.1) is 6.61 Å². The Morgan fingerprint density at radius 3 is 2.78 bits per heavy atom. The first-order chi connectivity index (χ1) is 8.84. The van der Waals surface area contributed by atoms with Gasteiger partial charge in [-0.05, 0) is 35.1 Å². The summed E-state index contributed by atoms with van der Waals surface area (Å²) in [6, 6.07) is 14.9. The van der Waals surface area contributed by atoms with Crippen molar-refractivity contribution in [2.45, 2.75) is 25.2 Å². The van der Waals surface area contributed by atoms with Crippen molar-refractivity contribution in [2.24, 2.45) is 0 Å². The van der Waals surface area contributed by atoms with E-state index in [2.05, 4.69) is 42.5 Å². The largest absolute Gasteiger partial charge is 0.466 e. The second-order valence-corrected chi connectivity index (χ2v) is 4.81. The van der Waals surface area contributed by atoms with Crippen LogP contribution in [0.25, 0.3) is 10.8 Å². The van der Waals surface area contributed by atoms with Crippen LogP contribution in [-0.4, -0.2) is 12.6 Å². The maximum atomic E-state index is 11.3. The van der Waals surface area contributed by atoms with E-state index in [1.54, 1.807) is 0 Å². The van der Waals surface area contributed by atoms with E-state index in [1.807, 2.05) is 0 Å². The van der Waals surface area contributed by atoms with E-state index in [9.17, 15) is 4.79 Å². The molecule has 1 aliphatic rings. The van der Waals surface area contributed by atoms with Crippen molar-refractivity contribution in [3.8, 4) is 0 Å². The fraction of sp³-hybridized carbons (Fsp3) is 0.312. The number of hydrogen-bond donors (Lipinski definition) is 0. The molecule has 92 valence electrons. The van der Waals surface area contributed by atoms with Crippen LogP contribution in [0.3, 0.4) is 0 Å². The number of fused-ring (bicyclic) bond motifs is 1. The number of carbonyl (C=O) groups excluding carboxylic acids is 1. The molecular weight excluding hydrogens is 224 g/mol. The van der Waals surface area contributed by atoms with Crippen molar-refractivity contribution < 1.29 is 9.53 Å². The molecule has 1 heterocycles. The van der Waals surface area contributed by atoms with Crippen molar-refractivity contribution >= 4 is 16.7 Å². The van der Waals surface area contributed by atoms with Gasteiger partial charge in [-0.25, -0.2) is 0 Å². The van der Waals surface area contributed by atoms with E-state index in [-0.39, 0.29) is 5.97 Å². The molecule has 0 N–H and O–H groups in total. The van der Waals surface area contributed by atoms with Crippen molar-refractivity contribution in [2.75, 3.05) is 6.61 Å². The predicted molar refractivity (Wildman–Crippen MR) is 71.5 cm³/mol. The summed E-state index contributed by atoms with van der Waals surface area (Å²) in [6.07, 6.45) is 2.36. The zero-order chi connectivity index (χ0) is 12.4. The summed E-state index contributed by atoms with van der Waals surface area (Å²) in [5.74, 6) is 0.375. The van der Waals surface area contributed by atoms with Gasteiger partial charge in [0, 0.05) is 6.42 Å². The van der Waals surface area contributed by atoms with Crippen molar-refractivity contribution in [1.82, 2.24) is 0 Å². The van der Waals surface area contributed by atoms with E-state index in [4.69, 9.17) is 4.74 Å². The van der Waals surface area contributed by atoms with E-state index in [1.165, 1.54) is 16.3 Å². The Balaban J connectivity index is 2.00.